The van der Waals surface area contributed by atoms with E-state index in [1.165, 1.54) is 4.88 Å². The molecule has 142 valence electrons. The Morgan fingerprint density at radius 1 is 1.48 bits per heavy atom. The fourth-order valence-electron chi connectivity index (χ4n) is 5.31. The molecule has 2 bridgehead atoms. The van der Waals surface area contributed by atoms with Gasteiger partial charge >= 0.3 is 0 Å². The molecule has 1 N–H and O–H groups in total. The van der Waals surface area contributed by atoms with Gasteiger partial charge in [0.15, 0.2) is 0 Å². The van der Waals surface area contributed by atoms with Gasteiger partial charge in [-0.25, -0.2) is 0 Å². The summed E-state index contributed by atoms with van der Waals surface area (Å²) in [5.74, 6) is 0.908. The van der Waals surface area contributed by atoms with E-state index in [2.05, 4.69) is 32.7 Å². The third kappa shape index (κ3) is 3.00. The van der Waals surface area contributed by atoms with Crippen LogP contribution in [0, 0.1) is 18.8 Å². The zero-order valence-corrected chi connectivity index (χ0v) is 16.4. The SMILES string of the molecule is Cc1ccncc1C(=O)NC[C@H]1[C@H]2CN(Cc3cccs3)C[C@]23CC[C@H]1O3. The number of likely N-dealkylation sites (tertiary alicyclic amines) is 1. The zero-order chi connectivity index (χ0) is 18.4. The highest BCUT2D eigenvalue weighted by atomic mass is 32.1. The first kappa shape index (κ1) is 17.3. The Hall–Kier alpha value is -1.76. The number of nitrogens with zero attached hydrogens (tertiary/aromatic N) is 2. The summed E-state index contributed by atoms with van der Waals surface area (Å²) >= 11 is 1.82. The number of carbonyl (C=O) groups is 1. The van der Waals surface area contributed by atoms with Crippen molar-refractivity contribution in [1.82, 2.24) is 15.2 Å². The Bertz CT molecular complexity index is 840. The van der Waals surface area contributed by atoms with Crippen LogP contribution in [-0.2, 0) is 11.3 Å². The Balaban J connectivity index is 1.26. The summed E-state index contributed by atoms with van der Waals surface area (Å²) in [6.07, 6.45) is 5.96. The predicted octanol–water partition coefficient (Wildman–Crippen LogP) is 2.86. The number of aryl methyl sites for hydroxylation is 1. The molecule has 0 unspecified atom stereocenters. The molecule has 27 heavy (non-hydrogen) atoms. The molecule has 5 heterocycles. The zero-order valence-electron chi connectivity index (χ0n) is 15.6. The number of fused-ring (bicyclic) bond motifs is 1. The average molecular weight is 384 g/mol. The molecule has 1 spiro atoms. The van der Waals surface area contributed by atoms with Gasteiger partial charge in [-0.05, 0) is 42.8 Å². The summed E-state index contributed by atoms with van der Waals surface area (Å²) in [5, 5.41) is 5.31. The van der Waals surface area contributed by atoms with Crippen molar-refractivity contribution in [2.24, 2.45) is 11.8 Å². The number of hydrogen-bond acceptors (Lipinski definition) is 5. The minimum Gasteiger partial charge on any atom is -0.370 e. The van der Waals surface area contributed by atoms with Crippen LogP contribution in [-0.4, -0.2) is 47.1 Å². The van der Waals surface area contributed by atoms with Crippen LogP contribution in [0.3, 0.4) is 0 Å². The van der Waals surface area contributed by atoms with Crippen LogP contribution in [0.2, 0.25) is 0 Å². The van der Waals surface area contributed by atoms with Crippen molar-refractivity contribution in [2.45, 2.75) is 38.0 Å². The number of rotatable bonds is 5. The lowest BCUT2D eigenvalue weighted by Crippen LogP contribution is -2.42. The summed E-state index contributed by atoms with van der Waals surface area (Å²) < 4.78 is 6.51. The van der Waals surface area contributed by atoms with Gasteiger partial charge in [-0.3, -0.25) is 14.7 Å². The van der Waals surface area contributed by atoms with Crippen LogP contribution < -0.4 is 5.32 Å². The number of amides is 1. The minimum atomic E-state index is -0.0223. The molecule has 0 radical (unpaired) electrons. The second-order valence-corrected chi connectivity index (χ2v) is 9.21. The quantitative estimate of drug-likeness (QED) is 0.863. The summed E-state index contributed by atoms with van der Waals surface area (Å²) in [5.41, 5.74) is 1.65. The van der Waals surface area contributed by atoms with E-state index in [1.54, 1.807) is 12.4 Å². The molecular weight excluding hydrogens is 358 g/mol. The Morgan fingerprint density at radius 3 is 3.22 bits per heavy atom. The van der Waals surface area contributed by atoms with Gasteiger partial charge in [0.05, 0.1) is 17.3 Å². The fourth-order valence-corrected chi connectivity index (χ4v) is 6.06. The highest BCUT2D eigenvalue weighted by Crippen LogP contribution is 2.54. The highest BCUT2D eigenvalue weighted by molar-refractivity contribution is 7.09. The number of hydrogen-bond donors (Lipinski definition) is 1. The molecule has 0 aliphatic carbocycles. The first-order valence-corrected chi connectivity index (χ1v) is 10.6. The molecule has 6 heteroatoms. The van der Waals surface area contributed by atoms with E-state index in [0.29, 0.717) is 30.0 Å². The van der Waals surface area contributed by atoms with Gasteiger partial charge < -0.3 is 10.1 Å². The van der Waals surface area contributed by atoms with Crippen LogP contribution in [0.15, 0.2) is 36.0 Å². The third-order valence-electron chi connectivity index (χ3n) is 6.60. The Labute approximate surface area is 163 Å². The lowest BCUT2D eigenvalue weighted by molar-refractivity contribution is 0.00219. The Kier molecular flexibility index (Phi) is 4.30. The molecule has 0 aromatic carbocycles. The van der Waals surface area contributed by atoms with Crippen molar-refractivity contribution in [1.29, 1.82) is 0 Å². The van der Waals surface area contributed by atoms with Crippen molar-refractivity contribution < 1.29 is 9.53 Å². The van der Waals surface area contributed by atoms with Crippen LogP contribution in [0.5, 0.6) is 0 Å². The summed E-state index contributed by atoms with van der Waals surface area (Å²) in [4.78, 5) is 20.6. The van der Waals surface area contributed by atoms with E-state index in [4.69, 9.17) is 4.74 Å². The second kappa shape index (κ2) is 6.69. The monoisotopic (exact) mass is 383 g/mol. The maximum atomic E-state index is 12.6. The lowest BCUT2D eigenvalue weighted by atomic mass is 9.73. The third-order valence-corrected chi connectivity index (χ3v) is 7.46. The van der Waals surface area contributed by atoms with Crippen LogP contribution in [0.25, 0.3) is 0 Å². The van der Waals surface area contributed by atoms with Crippen molar-refractivity contribution in [2.75, 3.05) is 19.6 Å². The van der Waals surface area contributed by atoms with Gasteiger partial charge in [0, 0.05) is 55.3 Å². The molecule has 1 amide bonds. The average Bonchev–Trinajstić information content (AvgIpc) is 3.41. The van der Waals surface area contributed by atoms with Crippen molar-refractivity contribution in [3.05, 3.63) is 52.0 Å². The second-order valence-electron chi connectivity index (χ2n) is 8.18. The van der Waals surface area contributed by atoms with Gasteiger partial charge in [-0.15, -0.1) is 11.3 Å². The summed E-state index contributed by atoms with van der Waals surface area (Å²) in [7, 11) is 0. The molecule has 2 aromatic heterocycles. The molecule has 3 aliphatic rings. The molecule has 2 aromatic rings. The number of aromatic nitrogens is 1. The summed E-state index contributed by atoms with van der Waals surface area (Å²) in [6.45, 7) is 5.75. The number of nitrogens with one attached hydrogen (secondary N) is 1. The van der Waals surface area contributed by atoms with Crippen molar-refractivity contribution in [3.8, 4) is 0 Å². The van der Waals surface area contributed by atoms with E-state index in [1.807, 2.05) is 24.3 Å². The minimum absolute atomic E-state index is 0.0154. The molecule has 5 nitrogen and oxygen atoms in total. The van der Waals surface area contributed by atoms with E-state index in [0.717, 1.165) is 38.0 Å². The van der Waals surface area contributed by atoms with Crippen molar-refractivity contribution in [3.63, 3.8) is 0 Å². The van der Waals surface area contributed by atoms with Crippen LogP contribution in [0.4, 0.5) is 0 Å². The van der Waals surface area contributed by atoms with E-state index < -0.39 is 0 Å². The number of pyridine rings is 1. The predicted molar refractivity (Wildman–Crippen MR) is 105 cm³/mol. The number of thiophene rings is 1. The van der Waals surface area contributed by atoms with E-state index >= 15 is 0 Å². The van der Waals surface area contributed by atoms with Gasteiger partial charge in [-0.1, -0.05) is 6.07 Å². The number of carbonyl (C=O) groups excluding carboxylic acids is 1. The standard InChI is InChI=1S/C21H25N3O2S/c1-14-5-7-22-9-16(14)20(25)23-10-17-18-12-24(11-15-3-2-8-27-15)13-21(18)6-4-19(17)26-21/h2-3,5,7-9,17-19H,4,6,10-13H2,1H3,(H,23,25)/t17-,18+,19+,21+/m0/s1. The van der Waals surface area contributed by atoms with Gasteiger partial charge in [-0.2, -0.15) is 0 Å². The molecule has 4 atom stereocenters. The first-order valence-electron chi connectivity index (χ1n) is 9.76. The maximum Gasteiger partial charge on any atom is 0.253 e. The molecule has 3 saturated heterocycles. The van der Waals surface area contributed by atoms with Gasteiger partial charge in [0.2, 0.25) is 0 Å². The first-order chi connectivity index (χ1) is 13.1. The Morgan fingerprint density at radius 2 is 2.41 bits per heavy atom. The van der Waals surface area contributed by atoms with Gasteiger partial charge in [0.1, 0.15) is 0 Å². The maximum absolute atomic E-state index is 12.6. The highest BCUT2D eigenvalue weighted by Gasteiger charge is 2.62. The molecule has 5 rings (SSSR count). The normalized spacial score (nSPS) is 32.0. The summed E-state index contributed by atoms with van der Waals surface area (Å²) in [6, 6.07) is 6.21. The van der Waals surface area contributed by atoms with E-state index in [9.17, 15) is 4.79 Å². The molecule has 0 saturated carbocycles. The van der Waals surface area contributed by atoms with E-state index in [-0.39, 0.29) is 11.5 Å². The number of ether oxygens (including phenoxy) is 1. The molecule has 3 aliphatic heterocycles. The fraction of sp³-hybridized carbons (Fsp3) is 0.524. The van der Waals surface area contributed by atoms with Gasteiger partial charge in [0.25, 0.3) is 5.91 Å². The topological polar surface area (TPSA) is 54.5 Å². The molecular formula is C21H25N3O2S. The lowest BCUT2D eigenvalue weighted by Gasteiger charge is -2.29. The largest absolute Gasteiger partial charge is 0.370 e. The van der Waals surface area contributed by atoms with Crippen LogP contribution >= 0.6 is 11.3 Å². The van der Waals surface area contributed by atoms with Crippen LogP contribution in [0.1, 0.15) is 33.6 Å². The smallest absolute Gasteiger partial charge is 0.253 e. The van der Waals surface area contributed by atoms with Crippen molar-refractivity contribution >= 4 is 17.2 Å². The molecule has 3 fully saturated rings.